The van der Waals surface area contributed by atoms with Gasteiger partial charge in [-0.2, -0.15) is 0 Å². The third kappa shape index (κ3) is 16.7. The number of unbranched alkanes of at least 4 members (excludes halogenated alkanes) is 2. The SMILES string of the molecule is CCCOc1ccc(N)cc1NC(=O)CCCCC[N+](CCNC(=O)CCC)(CCC(C)C)CCC(C)C.[Cl-]. The van der Waals surface area contributed by atoms with Gasteiger partial charge >= 0.3 is 0 Å². The number of nitrogens with one attached hydrogen (secondary N) is 2. The summed E-state index contributed by atoms with van der Waals surface area (Å²) in [6.45, 7) is 18.9. The fraction of sp³-hybridized carbons (Fsp3) is 0.742. The summed E-state index contributed by atoms with van der Waals surface area (Å²) >= 11 is 0. The Bertz CT molecular complexity index is 805. The van der Waals surface area contributed by atoms with Crippen LogP contribution in [0.25, 0.3) is 0 Å². The van der Waals surface area contributed by atoms with Crippen LogP contribution in [0.4, 0.5) is 11.4 Å². The van der Waals surface area contributed by atoms with Crippen molar-refractivity contribution in [3.05, 3.63) is 18.2 Å². The lowest BCUT2D eigenvalue weighted by molar-refractivity contribution is -0.928. The number of halogens is 1. The van der Waals surface area contributed by atoms with Gasteiger partial charge in [-0.3, -0.25) is 9.59 Å². The first-order valence-electron chi connectivity index (χ1n) is 15.0. The number of anilines is 2. The van der Waals surface area contributed by atoms with Gasteiger partial charge in [0.2, 0.25) is 11.8 Å². The monoisotopic (exact) mass is 568 g/mol. The van der Waals surface area contributed by atoms with Gasteiger partial charge in [0, 0.05) is 18.5 Å². The molecule has 1 aromatic rings. The maximum Gasteiger partial charge on any atom is 0.224 e. The molecular weight excluding hydrogens is 512 g/mol. The summed E-state index contributed by atoms with van der Waals surface area (Å²) in [5, 5.41) is 6.14. The maximum absolute atomic E-state index is 12.7. The molecule has 0 radical (unpaired) electrons. The van der Waals surface area contributed by atoms with Gasteiger partial charge in [0.05, 0.1) is 45.0 Å². The van der Waals surface area contributed by atoms with Crippen molar-refractivity contribution in [1.82, 2.24) is 5.32 Å². The zero-order valence-corrected chi connectivity index (χ0v) is 26.4. The molecule has 0 aliphatic rings. The van der Waals surface area contributed by atoms with Crippen LogP contribution in [-0.2, 0) is 9.59 Å². The molecule has 8 heteroatoms. The molecule has 0 fully saturated rings. The van der Waals surface area contributed by atoms with Crippen molar-refractivity contribution >= 4 is 23.2 Å². The van der Waals surface area contributed by atoms with Gasteiger partial charge in [-0.05, 0) is 75.0 Å². The van der Waals surface area contributed by atoms with E-state index in [0.717, 1.165) is 69.3 Å². The van der Waals surface area contributed by atoms with Crippen LogP contribution in [0.5, 0.6) is 5.75 Å². The standard InChI is InChI=1S/C31H56N4O3.ClH/c1-7-12-30(36)33-18-22-35(20-16-25(3)4,21-17-26(5)6)19-11-9-10-13-31(37)34-28-24-27(32)14-15-29(28)38-23-8-2;/h14-15,24-26H,7-13,16-23,32H2,1-6H3,(H-,33,34,36,37);1H. The molecule has 0 bridgehead atoms. The second-order valence-electron chi connectivity index (χ2n) is 11.7. The molecule has 0 aromatic heterocycles. The smallest absolute Gasteiger partial charge is 0.224 e. The lowest BCUT2D eigenvalue weighted by Gasteiger charge is -2.40. The first kappa shape index (κ1) is 37.0. The van der Waals surface area contributed by atoms with Gasteiger partial charge in [-0.25, -0.2) is 0 Å². The van der Waals surface area contributed by atoms with E-state index in [1.807, 2.05) is 13.0 Å². The number of hydrogen-bond donors (Lipinski definition) is 3. The second-order valence-corrected chi connectivity index (χ2v) is 11.7. The van der Waals surface area contributed by atoms with E-state index in [9.17, 15) is 9.59 Å². The van der Waals surface area contributed by atoms with Gasteiger partial charge in [0.15, 0.2) is 0 Å². The molecule has 0 saturated carbocycles. The Hall–Kier alpha value is -1.99. The third-order valence-corrected chi connectivity index (χ3v) is 7.02. The number of ether oxygens (including phenoxy) is 1. The average molecular weight is 569 g/mol. The fourth-order valence-corrected chi connectivity index (χ4v) is 4.59. The van der Waals surface area contributed by atoms with Crippen LogP contribution in [-0.4, -0.2) is 55.6 Å². The predicted molar refractivity (Wildman–Crippen MR) is 160 cm³/mol. The summed E-state index contributed by atoms with van der Waals surface area (Å²) in [7, 11) is 0. The molecule has 0 spiro atoms. The molecule has 2 amide bonds. The number of rotatable bonds is 21. The van der Waals surface area contributed by atoms with Crippen molar-refractivity contribution in [2.45, 2.75) is 99.3 Å². The van der Waals surface area contributed by atoms with Crippen molar-refractivity contribution in [1.29, 1.82) is 0 Å². The van der Waals surface area contributed by atoms with Crippen LogP contribution in [0.1, 0.15) is 99.3 Å². The summed E-state index contributed by atoms with van der Waals surface area (Å²) in [5.41, 5.74) is 7.18. The topological polar surface area (TPSA) is 93.4 Å². The number of benzene rings is 1. The largest absolute Gasteiger partial charge is 1.00 e. The number of quaternary nitrogens is 1. The Morgan fingerprint density at radius 3 is 2.13 bits per heavy atom. The van der Waals surface area contributed by atoms with Crippen molar-refractivity contribution in [2.75, 3.05) is 50.4 Å². The van der Waals surface area contributed by atoms with Crippen molar-refractivity contribution < 1.29 is 31.2 Å². The Kier molecular flexibility index (Phi) is 19.8. The minimum Gasteiger partial charge on any atom is -1.00 e. The molecule has 0 saturated heterocycles. The highest BCUT2D eigenvalue weighted by molar-refractivity contribution is 5.92. The maximum atomic E-state index is 12.7. The normalized spacial score (nSPS) is 11.4. The van der Waals surface area contributed by atoms with Gasteiger partial charge in [-0.1, -0.05) is 41.5 Å². The molecule has 0 unspecified atom stereocenters. The van der Waals surface area contributed by atoms with E-state index >= 15 is 0 Å². The van der Waals surface area contributed by atoms with Crippen molar-refractivity contribution in [3.63, 3.8) is 0 Å². The number of nitrogens with zero attached hydrogens (tertiary/aromatic N) is 1. The Labute approximate surface area is 245 Å². The zero-order valence-electron chi connectivity index (χ0n) is 25.6. The fourth-order valence-electron chi connectivity index (χ4n) is 4.59. The molecule has 0 heterocycles. The van der Waals surface area contributed by atoms with E-state index in [4.69, 9.17) is 10.5 Å². The van der Waals surface area contributed by atoms with Crippen molar-refractivity contribution in [3.8, 4) is 5.75 Å². The number of carbonyl (C=O) groups is 2. The zero-order chi connectivity index (χ0) is 28.4. The molecule has 39 heavy (non-hydrogen) atoms. The first-order chi connectivity index (χ1) is 18.1. The van der Waals surface area contributed by atoms with Gasteiger partial charge < -0.3 is 38.0 Å². The van der Waals surface area contributed by atoms with Crippen LogP contribution >= 0.6 is 0 Å². The van der Waals surface area contributed by atoms with E-state index in [1.165, 1.54) is 12.8 Å². The predicted octanol–water partition coefficient (Wildman–Crippen LogP) is 3.39. The lowest BCUT2D eigenvalue weighted by atomic mass is 10.0. The molecule has 0 aliphatic heterocycles. The van der Waals surface area contributed by atoms with Crippen LogP contribution in [0.15, 0.2) is 18.2 Å². The minimum absolute atomic E-state index is 0. The highest BCUT2D eigenvalue weighted by Crippen LogP contribution is 2.27. The highest BCUT2D eigenvalue weighted by Gasteiger charge is 2.27. The second kappa shape index (κ2) is 20.8. The number of nitrogens with two attached hydrogens (primary N) is 1. The average Bonchev–Trinajstić information content (AvgIpc) is 2.85. The number of amides is 2. The number of hydrogen-bond acceptors (Lipinski definition) is 4. The van der Waals surface area contributed by atoms with E-state index in [1.54, 1.807) is 12.1 Å². The van der Waals surface area contributed by atoms with Crippen molar-refractivity contribution in [2.24, 2.45) is 11.8 Å². The molecule has 1 rings (SSSR count). The summed E-state index contributed by atoms with van der Waals surface area (Å²) in [6.07, 6.45) is 8.17. The molecule has 4 N–H and O–H groups in total. The van der Waals surface area contributed by atoms with E-state index in [-0.39, 0.29) is 24.2 Å². The molecule has 0 atom stereocenters. The van der Waals surface area contributed by atoms with Gasteiger partial charge in [0.25, 0.3) is 0 Å². The molecule has 7 nitrogen and oxygen atoms in total. The summed E-state index contributed by atoms with van der Waals surface area (Å²) in [5.74, 6) is 2.13. The van der Waals surface area contributed by atoms with Gasteiger partial charge in [0.1, 0.15) is 5.75 Å². The van der Waals surface area contributed by atoms with E-state index in [0.29, 0.717) is 48.4 Å². The minimum atomic E-state index is -0.00375. The van der Waals surface area contributed by atoms with Crippen LogP contribution in [0.2, 0.25) is 0 Å². The molecule has 0 aliphatic carbocycles. The highest BCUT2D eigenvalue weighted by atomic mass is 35.5. The lowest BCUT2D eigenvalue weighted by Crippen LogP contribution is -3.00. The summed E-state index contributed by atoms with van der Waals surface area (Å²) < 4.78 is 6.82. The quantitative estimate of drug-likeness (QED) is 0.120. The summed E-state index contributed by atoms with van der Waals surface area (Å²) in [4.78, 5) is 24.7. The third-order valence-electron chi connectivity index (χ3n) is 7.02. The molecule has 1 aromatic carbocycles. The first-order valence-corrected chi connectivity index (χ1v) is 15.0. The van der Waals surface area contributed by atoms with Crippen LogP contribution in [0.3, 0.4) is 0 Å². The molecular formula is C31H57ClN4O3. The Balaban J connectivity index is 0.0000144. The van der Waals surface area contributed by atoms with Gasteiger partial charge in [-0.15, -0.1) is 0 Å². The Morgan fingerprint density at radius 1 is 0.872 bits per heavy atom. The summed E-state index contributed by atoms with van der Waals surface area (Å²) in [6, 6.07) is 5.37. The van der Waals surface area contributed by atoms with Crippen LogP contribution < -0.4 is 33.5 Å². The number of nitrogen functional groups attached to an aromatic ring is 1. The van der Waals surface area contributed by atoms with Crippen LogP contribution in [0, 0.1) is 11.8 Å². The van der Waals surface area contributed by atoms with E-state index in [2.05, 4.69) is 45.3 Å². The molecule has 226 valence electrons. The van der Waals surface area contributed by atoms with E-state index < -0.39 is 0 Å². The number of carbonyl (C=O) groups excluding carboxylic acids is 2. The Morgan fingerprint density at radius 2 is 1.54 bits per heavy atom.